The van der Waals surface area contributed by atoms with E-state index in [1.54, 1.807) is 7.11 Å². The number of ether oxygens (including phenoxy) is 2. The van der Waals surface area contributed by atoms with Crippen molar-refractivity contribution in [3.05, 3.63) is 30.3 Å². The summed E-state index contributed by atoms with van der Waals surface area (Å²) in [5, 5.41) is 0. The van der Waals surface area contributed by atoms with Gasteiger partial charge in [0.2, 0.25) is 0 Å². The van der Waals surface area contributed by atoms with Gasteiger partial charge in [0, 0.05) is 19.3 Å². The molecule has 1 aliphatic rings. The minimum absolute atomic E-state index is 0.0474. The van der Waals surface area contributed by atoms with Gasteiger partial charge in [-0.1, -0.05) is 18.2 Å². The Bertz CT molecular complexity index is 276. The van der Waals surface area contributed by atoms with Crippen LogP contribution in [0.3, 0.4) is 0 Å². The number of anilines is 1. The third-order valence-corrected chi connectivity index (χ3v) is 2.44. The highest BCUT2D eigenvalue weighted by atomic mass is 16.5. The predicted octanol–water partition coefficient (Wildman–Crippen LogP) is 1.50. The van der Waals surface area contributed by atoms with Crippen molar-refractivity contribution >= 4 is 5.69 Å². The summed E-state index contributed by atoms with van der Waals surface area (Å²) in [6.07, 6.45) is 0.0474. The van der Waals surface area contributed by atoms with Gasteiger partial charge >= 0.3 is 0 Å². The first-order chi connectivity index (χ1) is 6.92. The third-order valence-electron chi connectivity index (χ3n) is 2.44. The van der Waals surface area contributed by atoms with Gasteiger partial charge in [-0.25, -0.2) is 0 Å². The molecule has 0 aliphatic carbocycles. The molecule has 1 aliphatic heterocycles. The number of para-hydroxylation sites is 1. The molecule has 0 aromatic heterocycles. The predicted molar refractivity (Wildman–Crippen MR) is 55.4 cm³/mol. The zero-order valence-electron chi connectivity index (χ0n) is 8.35. The highest BCUT2D eigenvalue weighted by Gasteiger charge is 2.22. The molecule has 1 aromatic rings. The molecule has 0 N–H and O–H groups in total. The second-order valence-electron chi connectivity index (χ2n) is 3.29. The maximum absolute atomic E-state index is 5.36. The van der Waals surface area contributed by atoms with Crippen LogP contribution in [0.2, 0.25) is 0 Å². The number of hydrogen-bond donors (Lipinski definition) is 0. The summed E-state index contributed by atoms with van der Waals surface area (Å²) in [5.74, 6) is 0. The molecule has 0 saturated carbocycles. The maximum Gasteiger partial charge on any atom is 0.153 e. The number of methoxy groups -OCH3 is 1. The van der Waals surface area contributed by atoms with E-state index in [1.807, 2.05) is 18.2 Å². The van der Waals surface area contributed by atoms with Crippen LogP contribution in [0.15, 0.2) is 30.3 Å². The monoisotopic (exact) mass is 193 g/mol. The average molecular weight is 193 g/mol. The van der Waals surface area contributed by atoms with Crippen molar-refractivity contribution in [3.8, 4) is 0 Å². The first kappa shape index (κ1) is 9.49. The van der Waals surface area contributed by atoms with Crippen molar-refractivity contribution in [2.45, 2.75) is 6.23 Å². The average Bonchev–Trinajstić information content (AvgIpc) is 2.30. The lowest BCUT2D eigenvalue weighted by Crippen LogP contribution is -2.46. The molecule has 1 aromatic carbocycles. The Morgan fingerprint density at radius 3 is 2.86 bits per heavy atom. The number of nitrogens with zero attached hydrogens (tertiary/aromatic N) is 1. The molecule has 0 amide bonds. The Morgan fingerprint density at radius 2 is 2.14 bits per heavy atom. The lowest BCUT2D eigenvalue weighted by Gasteiger charge is -2.36. The van der Waals surface area contributed by atoms with Crippen LogP contribution in [0, 0.1) is 0 Å². The Kier molecular flexibility index (Phi) is 3.01. The number of morpholine rings is 1. The Morgan fingerprint density at radius 1 is 1.36 bits per heavy atom. The quantitative estimate of drug-likeness (QED) is 0.710. The largest absolute Gasteiger partial charge is 0.375 e. The fraction of sp³-hybridized carbons (Fsp3) is 0.455. The summed E-state index contributed by atoms with van der Waals surface area (Å²) in [6, 6.07) is 10.3. The SMILES string of the molecule is COC1COCCN1c1ccccc1. The van der Waals surface area contributed by atoms with E-state index in [2.05, 4.69) is 17.0 Å². The lowest BCUT2D eigenvalue weighted by atomic mass is 10.2. The van der Waals surface area contributed by atoms with Gasteiger partial charge in [-0.3, -0.25) is 0 Å². The van der Waals surface area contributed by atoms with E-state index in [-0.39, 0.29) is 6.23 Å². The molecule has 0 radical (unpaired) electrons. The molecule has 1 unspecified atom stereocenters. The molecule has 1 heterocycles. The Hall–Kier alpha value is -1.06. The molecular weight excluding hydrogens is 178 g/mol. The molecule has 1 saturated heterocycles. The number of benzene rings is 1. The highest BCUT2D eigenvalue weighted by molar-refractivity contribution is 5.46. The van der Waals surface area contributed by atoms with Gasteiger partial charge in [0.15, 0.2) is 6.23 Å². The summed E-state index contributed by atoms with van der Waals surface area (Å²) in [6.45, 7) is 2.31. The van der Waals surface area contributed by atoms with Crippen LogP contribution >= 0.6 is 0 Å². The molecule has 14 heavy (non-hydrogen) atoms. The second kappa shape index (κ2) is 4.44. The zero-order valence-corrected chi connectivity index (χ0v) is 8.35. The minimum Gasteiger partial charge on any atom is -0.375 e. The molecule has 3 heteroatoms. The molecular formula is C11H15NO2. The maximum atomic E-state index is 5.36. The van der Waals surface area contributed by atoms with Crippen molar-refractivity contribution in [2.75, 3.05) is 31.8 Å². The van der Waals surface area contributed by atoms with Crippen LogP contribution in [0.4, 0.5) is 5.69 Å². The zero-order chi connectivity index (χ0) is 9.80. The van der Waals surface area contributed by atoms with Crippen LogP contribution in [-0.2, 0) is 9.47 Å². The van der Waals surface area contributed by atoms with E-state index in [0.29, 0.717) is 6.61 Å². The summed E-state index contributed by atoms with van der Waals surface area (Å²) in [5.41, 5.74) is 1.20. The van der Waals surface area contributed by atoms with E-state index < -0.39 is 0 Å². The topological polar surface area (TPSA) is 21.7 Å². The molecule has 0 bridgehead atoms. The van der Waals surface area contributed by atoms with Crippen LogP contribution in [0.1, 0.15) is 0 Å². The standard InChI is InChI=1S/C11H15NO2/c1-13-11-9-14-8-7-12(11)10-5-3-2-4-6-10/h2-6,11H,7-9H2,1H3. The van der Waals surface area contributed by atoms with Crippen LogP contribution in [0.25, 0.3) is 0 Å². The van der Waals surface area contributed by atoms with Crippen molar-refractivity contribution in [3.63, 3.8) is 0 Å². The van der Waals surface area contributed by atoms with Gasteiger partial charge < -0.3 is 14.4 Å². The van der Waals surface area contributed by atoms with Crippen LogP contribution in [-0.4, -0.2) is 33.1 Å². The fourth-order valence-electron chi connectivity index (χ4n) is 1.69. The smallest absolute Gasteiger partial charge is 0.153 e. The summed E-state index contributed by atoms with van der Waals surface area (Å²) < 4.78 is 10.7. The molecule has 3 nitrogen and oxygen atoms in total. The van der Waals surface area contributed by atoms with E-state index in [0.717, 1.165) is 13.2 Å². The summed E-state index contributed by atoms with van der Waals surface area (Å²) >= 11 is 0. The molecule has 76 valence electrons. The number of rotatable bonds is 2. The van der Waals surface area contributed by atoms with Gasteiger partial charge in [0.25, 0.3) is 0 Å². The summed E-state index contributed by atoms with van der Waals surface area (Å²) in [7, 11) is 1.72. The van der Waals surface area contributed by atoms with E-state index in [9.17, 15) is 0 Å². The van der Waals surface area contributed by atoms with Gasteiger partial charge in [0.1, 0.15) is 0 Å². The minimum atomic E-state index is 0.0474. The van der Waals surface area contributed by atoms with Crippen molar-refractivity contribution in [2.24, 2.45) is 0 Å². The molecule has 0 spiro atoms. The first-order valence-electron chi connectivity index (χ1n) is 4.84. The van der Waals surface area contributed by atoms with Crippen molar-refractivity contribution < 1.29 is 9.47 Å². The van der Waals surface area contributed by atoms with E-state index in [1.165, 1.54) is 5.69 Å². The van der Waals surface area contributed by atoms with Crippen LogP contribution < -0.4 is 4.90 Å². The van der Waals surface area contributed by atoms with Gasteiger partial charge in [-0.05, 0) is 12.1 Å². The van der Waals surface area contributed by atoms with Crippen LogP contribution in [0.5, 0.6) is 0 Å². The van der Waals surface area contributed by atoms with Gasteiger partial charge in [-0.15, -0.1) is 0 Å². The lowest BCUT2D eigenvalue weighted by molar-refractivity contribution is -0.0187. The van der Waals surface area contributed by atoms with Gasteiger partial charge in [0.05, 0.1) is 13.2 Å². The molecule has 2 rings (SSSR count). The third kappa shape index (κ3) is 1.89. The number of hydrogen-bond acceptors (Lipinski definition) is 3. The van der Waals surface area contributed by atoms with E-state index >= 15 is 0 Å². The van der Waals surface area contributed by atoms with Crippen molar-refractivity contribution in [1.29, 1.82) is 0 Å². The Balaban J connectivity index is 2.15. The highest BCUT2D eigenvalue weighted by Crippen LogP contribution is 2.19. The summed E-state index contributed by atoms with van der Waals surface area (Å²) in [4.78, 5) is 2.23. The van der Waals surface area contributed by atoms with Gasteiger partial charge in [-0.2, -0.15) is 0 Å². The molecule has 1 fully saturated rings. The first-order valence-corrected chi connectivity index (χ1v) is 4.84. The van der Waals surface area contributed by atoms with Crippen molar-refractivity contribution in [1.82, 2.24) is 0 Å². The normalized spacial score (nSPS) is 22.4. The molecule has 1 atom stereocenters. The second-order valence-corrected chi connectivity index (χ2v) is 3.29. The Labute approximate surface area is 84.2 Å². The fourth-order valence-corrected chi connectivity index (χ4v) is 1.69. The van der Waals surface area contributed by atoms with E-state index in [4.69, 9.17) is 9.47 Å².